The van der Waals surface area contributed by atoms with Gasteiger partial charge in [-0.1, -0.05) is 6.92 Å². The molecule has 0 radical (unpaired) electrons. The molecule has 0 aliphatic carbocycles. The zero-order chi connectivity index (χ0) is 23.6. The van der Waals surface area contributed by atoms with Crippen molar-refractivity contribution < 1.29 is 14.4 Å². The standard InChI is InChI=1S/C23H26N6O3S/c1-15(30)27-11-23(2)12-28(13-23)16-3-4-20-19(7-16)18(5-6-25-20)22(32)26-9-21(31)29-14-33-10-17(29)8-24/h3-7,17H,9-14H2,1-2H3,(H,26,32)(H,27,30). The lowest BCUT2D eigenvalue weighted by Gasteiger charge is -2.49. The van der Waals surface area contributed by atoms with E-state index in [9.17, 15) is 14.4 Å². The van der Waals surface area contributed by atoms with Gasteiger partial charge in [0, 0.05) is 55.0 Å². The number of benzene rings is 1. The first kappa shape index (κ1) is 22.9. The number of carbonyl (C=O) groups excluding carboxylic acids is 3. The number of aromatic nitrogens is 1. The molecule has 1 aromatic heterocycles. The van der Waals surface area contributed by atoms with Crippen LogP contribution in [0.5, 0.6) is 0 Å². The Hall–Kier alpha value is -3.32. The van der Waals surface area contributed by atoms with Crippen LogP contribution in [0, 0.1) is 16.7 Å². The minimum absolute atomic E-state index is 0.00523. The highest BCUT2D eigenvalue weighted by molar-refractivity contribution is 7.99. The third-order valence-corrected chi connectivity index (χ3v) is 7.01. The maximum atomic E-state index is 12.9. The fraction of sp³-hybridized carbons (Fsp3) is 0.435. The summed E-state index contributed by atoms with van der Waals surface area (Å²) in [4.78, 5) is 44.7. The number of anilines is 1. The fourth-order valence-electron chi connectivity index (χ4n) is 4.18. The van der Waals surface area contributed by atoms with Crippen molar-refractivity contribution in [1.82, 2.24) is 20.5 Å². The van der Waals surface area contributed by atoms with Gasteiger partial charge in [-0.25, -0.2) is 0 Å². The van der Waals surface area contributed by atoms with Gasteiger partial charge in [-0.15, -0.1) is 11.8 Å². The summed E-state index contributed by atoms with van der Waals surface area (Å²) < 4.78 is 0. The summed E-state index contributed by atoms with van der Waals surface area (Å²) in [5, 5.41) is 15.5. The summed E-state index contributed by atoms with van der Waals surface area (Å²) in [6.07, 6.45) is 1.58. The maximum Gasteiger partial charge on any atom is 0.252 e. The van der Waals surface area contributed by atoms with Crippen molar-refractivity contribution in [2.75, 3.05) is 42.7 Å². The van der Waals surface area contributed by atoms with E-state index < -0.39 is 6.04 Å². The van der Waals surface area contributed by atoms with Gasteiger partial charge >= 0.3 is 0 Å². The molecule has 0 spiro atoms. The highest BCUT2D eigenvalue weighted by Gasteiger charge is 2.39. The molecule has 2 aliphatic heterocycles. The average Bonchev–Trinajstić information content (AvgIpc) is 3.27. The number of hydrogen-bond donors (Lipinski definition) is 2. The molecule has 2 N–H and O–H groups in total. The largest absolute Gasteiger partial charge is 0.370 e. The van der Waals surface area contributed by atoms with E-state index in [2.05, 4.69) is 33.5 Å². The van der Waals surface area contributed by atoms with E-state index in [4.69, 9.17) is 5.26 Å². The number of hydrogen-bond acceptors (Lipinski definition) is 7. The lowest BCUT2D eigenvalue weighted by Crippen LogP contribution is -2.59. The Bertz CT molecular complexity index is 1140. The zero-order valence-corrected chi connectivity index (χ0v) is 19.4. The van der Waals surface area contributed by atoms with Gasteiger partial charge in [0.2, 0.25) is 11.8 Å². The topological polar surface area (TPSA) is 118 Å². The van der Waals surface area contributed by atoms with E-state index >= 15 is 0 Å². The molecule has 1 aromatic carbocycles. The van der Waals surface area contributed by atoms with Crippen LogP contribution in [-0.4, -0.2) is 71.5 Å². The van der Waals surface area contributed by atoms with Gasteiger partial charge in [-0.3, -0.25) is 19.4 Å². The second-order valence-corrected chi connectivity index (χ2v) is 9.83. The number of carbonyl (C=O) groups is 3. The molecule has 0 saturated carbocycles. The smallest absolute Gasteiger partial charge is 0.252 e. The van der Waals surface area contributed by atoms with Crippen molar-refractivity contribution in [1.29, 1.82) is 5.26 Å². The van der Waals surface area contributed by atoms with Crippen LogP contribution in [0.1, 0.15) is 24.2 Å². The molecule has 3 amide bonds. The van der Waals surface area contributed by atoms with Crippen LogP contribution >= 0.6 is 11.8 Å². The Balaban J connectivity index is 1.45. The van der Waals surface area contributed by atoms with Gasteiger partial charge in [0.15, 0.2) is 0 Å². The van der Waals surface area contributed by atoms with Crippen LogP contribution in [0.15, 0.2) is 30.5 Å². The molecule has 2 aliphatic rings. The van der Waals surface area contributed by atoms with E-state index in [0.29, 0.717) is 34.6 Å². The van der Waals surface area contributed by atoms with E-state index in [1.165, 1.54) is 23.6 Å². The Kier molecular flexibility index (Phi) is 6.42. The Morgan fingerprint density at radius 1 is 1.27 bits per heavy atom. The molecule has 1 atom stereocenters. The van der Waals surface area contributed by atoms with E-state index in [1.807, 2.05) is 18.2 Å². The zero-order valence-electron chi connectivity index (χ0n) is 18.6. The van der Waals surface area contributed by atoms with Crippen molar-refractivity contribution in [2.45, 2.75) is 19.9 Å². The summed E-state index contributed by atoms with van der Waals surface area (Å²) in [6.45, 7) is 5.70. The van der Waals surface area contributed by atoms with E-state index in [-0.39, 0.29) is 29.7 Å². The van der Waals surface area contributed by atoms with Gasteiger partial charge < -0.3 is 20.4 Å². The van der Waals surface area contributed by atoms with Crippen LogP contribution in [0.3, 0.4) is 0 Å². The monoisotopic (exact) mass is 466 g/mol. The third kappa shape index (κ3) is 4.88. The summed E-state index contributed by atoms with van der Waals surface area (Å²) in [7, 11) is 0. The molecule has 9 nitrogen and oxygen atoms in total. The SMILES string of the molecule is CC(=O)NCC1(C)CN(c2ccc3nccc(C(=O)NCC(=O)N4CSCC4C#N)c3c2)C1. The Labute approximate surface area is 196 Å². The Morgan fingerprint density at radius 2 is 2.06 bits per heavy atom. The molecule has 4 rings (SSSR count). The van der Waals surface area contributed by atoms with E-state index in [0.717, 1.165) is 18.8 Å². The molecule has 33 heavy (non-hydrogen) atoms. The summed E-state index contributed by atoms with van der Waals surface area (Å²) in [5.41, 5.74) is 2.13. The predicted octanol–water partition coefficient (Wildman–Crippen LogP) is 1.35. The normalized spacial score (nSPS) is 19.0. The third-order valence-electron chi connectivity index (χ3n) is 6.00. The first-order valence-corrected chi connectivity index (χ1v) is 11.9. The highest BCUT2D eigenvalue weighted by Crippen LogP contribution is 2.35. The predicted molar refractivity (Wildman–Crippen MR) is 127 cm³/mol. The lowest BCUT2D eigenvalue weighted by molar-refractivity contribution is -0.129. The number of nitrogens with one attached hydrogen (secondary N) is 2. The van der Waals surface area contributed by atoms with Crippen LogP contribution < -0.4 is 15.5 Å². The van der Waals surface area contributed by atoms with Crippen molar-refractivity contribution in [3.05, 3.63) is 36.0 Å². The lowest BCUT2D eigenvalue weighted by atomic mass is 9.81. The van der Waals surface area contributed by atoms with Gasteiger partial charge in [0.25, 0.3) is 5.91 Å². The first-order valence-electron chi connectivity index (χ1n) is 10.7. The average molecular weight is 467 g/mol. The van der Waals surface area contributed by atoms with Crippen LogP contribution in [0.2, 0.25) is 0 Å². The summed E-state index contributed by atoms with van der Waals surface area (Å²) >= 11 is 1.53. The maximum absolute atomic E-state index is 12.9. The molecule has 3 heterocycles. The second kappa shape index (κ2) is 9.27. The molecule has 2 aromatic rings. The molecule has 1 unspecified atom stereocenters. The number of nitriles is 1. The van der Waals surface area contributed by atoms with Crippen molar-refractivity contribution in [3.8, 4) is 6.07 Å². The highest BCUT2D eigenvalue weighted by atomic mass is 32.2. The van der Waals surface area contributed by atoms with Gasteiger partial charge in [-0.05, 0) is 24.3 Å². The van der Waals surface area contributed by atoms with Crippen LogP contribution in [0.4, 0.5) is 5.69 Å². The molecule has 172 valence electrons. The second-order valence-electron chi connectivity index (χ2n) is 8.83. The van der Waals surface area contributed by atoms with Gasteiger partial charge in [0.1, 0.15) is 6.04 Å². The van der Waals surface area contributed by atoms with Crippen molar-refractivity contribution >= 4 is 46.1 Å². The molecular weight excluding hydrogens is 440 g/mol. The quantitative estimate of drug-likeness (QED) is 0.660. The summed E-state index contributed by atoms with van der Waals surface area (Å²) in [6, 6.07) is 9.13. The molecular formula is C23H26N6O3S. The number of rotatable bonds is 6. The molecule has 0 bridgehead atoms. The van der Waals surface area contributed by atoms with Crippen LogP contribution in [-0.2, 0) is 9.59 Å². The molecule has 2 saturated heterocycles. The first-order chi connectivity index (χ1) is 15.8. The molecule has 10 heteroatoms. The Morgan fingerprint density at radius 3 is 2.79 bits per heavy atom. The summed E-state index contributed by atoms with van der Waals surface area (Å²) in [5.74, 6) is 0.400. The minimum Gasteiger partial charge on any atom is -0.370 e. The number of amides is 3. The van der Waals surface area contributed by atoms with Gasteiger partial charge in [-0.2, -0.15) is 5.26 Å². The van der Waals surface area contributed by atoms with Gasteiger partial charge in [0.05, 0.1) is 29.6 Å². The van der Waals surface area contributed by atoms with Crippen LogP contribution in [0.25, 0.3) is 10.9 Å². The van der Waals surface area contributed by atoms with E-state index in [1.54, 1.807) is 12.3 Å². The number of nitrogens with zero attached hydrogens (tertiary/aromatic N) is 4. The number of fused-ring (bicyclic) bond motifs is 1. The van der Waals surface area contributed by atoms with Crippen molar-refractivity contribution in [2.24, 2.45) is 5.41 Å². The minimum atomic E-state index is -0.448. The number of pyridine rings is 1. The molecule has 2 fully saturated rings. The number of thioether (sulfide) groups is 1. The van der Waals surface area contributed by atoms with Crippen molar-refractivity contribution in [3.63, 3.8) is 0 Å². The fourth-order valence-corrected chi connectivity index (χ4v) is 5.29.